The largest absolute Gasteiger partial charge is 0.336 e. The van der Waals surface area contributed by atoms with Crippen LogP contribution < -0.4 is 0 Å². The minimum atomic E-state index is -3.56. The third-order valence-electron chi connectivity index (χ3n) is 4.69. The molecule has 0 saturated carbocycles. The van der Waals surface area contributed by atoms with Crippen molar-refractivity contribution in [3.63, 3.8) is 0 Å². The highest BCUT2D eigenvalue weighted by atomic mass is 35.5. The summed E-state index contributed by atoms with van der Waals surface area (Å²) in [4.78, 5) is 14.7. The van der Waals surface area contributed by atoms with Crippen molar-refractivity contribution < 1.29 is 13.2 Å². The molecule has 27 heavy (non-hydrogen) atoms. The van der Waals surface area contributed by atoms with Crippen molar-refractivity contribution in [2.24, 2.45) is 0 Å². The number of fused-ring (bicyclic) bond motifs is 1. The van der Waals surface area contributed by atoms with Gasteiger partial charge in [0.1, 0.15) is 4.21 Å². The number of benzene rings is 2. The Morgan fingerprint density at radius 2 is 1.63 bits per heavy atom. The minimum Gasteiger partial charge on any atom is -0.336 e. The second-order valence-corrected chi connectivity index (χ2v) is 10.2. The number of halogens is 1. The molecule has 0 N–H and O–H groups in total. The Morgan fingerprint density at radius 1 is 0.926 bits per heavy atom. The number of nitrogens with zero attached hydrogens (tertiary/aromatic N) is 2. The van der Waals surface area contributed by atoms with Crippen molar-refractivity contribution in [1.82, 2.24) is 9.21 Å². The molecule has 1 aliphatic rings. The van der Waals surface area contributed by atoms with Crippen molar-refractivity contribution in [2.45, 2.75) is 4.21 Å². The summed E-state index contributed by atoms with van der Waals surface area (Å²) >= 11 is 6.92. The lowest BCUT2D eigenvalue weighted by molar-refractivity contribution is 0.0700. The SMILES string of the molecule is O=C(c1cccc2ccccc12)N1CCN(S(=O)(=O)c2ccc(Cl)s2)CC1. The molecule has 0 spiro atoms. The van der Waals surface area contributed by atoms with E-state index >= 15 is 0 Å². The molecular formula is C19H17ClN2O3S2. The van der Waals surface area contributed by atoms with Gasteiger partial charge in [-0.1, -0.05) is 48.0 Å². The van der Waals surface area contributed by atoms with Crippen molar-refractivity contribution in [3.05, 3.63) is 64.5 Å². The second-order valence-electron chi connectivity index (χ2n) is 6.28. The molecule has 0 radical (unpaired) electrons. The van der Waals surface area contributed by atoms with Crippen LogP contribution in [0.25, 0.3) is 10.8 Å². The number of carbonyl (C=O) groups is 1. The zero-order chi connectivity index (χ0) is 19.0. The van der Waals surface area contributed by atoms with Crippen LogP contribution in [-0.2, 0) is 10.0 Å². The highest BCUT2D eigenvalue weighted by Crippen LogP contribution is 2.29. The number of amides is 1. The van der Waals surface area contributed by atoms with Crippen LogP contribution in [0.1, 0.15) is 10.4 Å². The van der Waals surface area contributed by atoms with E-state index in [2.05, 4.69) is 0 Å². The molecule has 2 aromatic carbocycles. The highest BCUT2D eigenvalue weighted by Gasteiger charge is 2.31. The minimum absolute atomic E-state index is 0.0667. The van der Waals surface area contributed by atoms with E-state index in [0.29, 0.717) is 23.0 Å². The van der Waals surface area contributed by atoms with Crippen LogP contribution >= 0.6 is 22.9 Å². The molecule has 2 heterocycles. The summed E-state index contributed by atoms with van der Waals surface area (Å²) < 4.78 is 27.5. The van der Waals surface area contributed by atoms with Crippen LogP contribution in [0.4, 0.5) is 0 Å². The Morgan fingerprint density at radius 3 is 2.33 bits per heavy atom. The molecule has 1 fully saturated rings. The zero-order valence-electron chi connectivity index (χ0n) is 14.3. The second kappa shape index (κ2) is 7.24. The monoisotopic (exact) mass is 420 g/mol. The van der Waals surface area contributed by atoms with E-state index < -0.39 is 10.0 Å². The molecule has 3 aromatic rings. The van der Waals surface area contributed by atoms with E-state index in [1.165, 1.54) is 10.4 Å². The van der Waals surface area contributed by atoms with E-state index in [1.54, 1.807) is 11.0 Å². The fourth-order valence-electron chi connectivity index (χ4n) is 3.28. The van der Waals surface area contributed by atoms with Gasteiger partial charge >= 0.3 is 0 Å². The highest BCUT2D eigenvalue weighted by molar-refractivity contribution is 7.91. The number of hydrogen-bond donors (Lipinski definition) is 0. The van der Waals surface area contributed by atoms with Crippen LogP contribution in [0.5, 0.6) is 0 Å². The average Bonchev–Trinajstić information content (AvgIpc) is 3.14. The molecule has 0 unspecified atom stereocenters. The summed E-state index contributed by atoms with van der Waals surface area (Å²) in [6.45, 7) is 1.27. The van der Waals surface area contributed by atoms with Gasteiger partial charge in [-0.15, -0.1) is 11.3 Å². The average molecular weight is 421 g/mol. The number of hydrogen-bond acceptors (Lipinski definition) is 4. The first kappa shape index (κ1) is 18.4. The molecule has 5 nitrogen and oxygen atoms in total. The Labute approximate surface area is 166 Å². The summed E-state index contributed by atoms with van der Waals surface area (Å²) in [6, 6.07) is 16.5. The molecule has 0 aliphatic carbocycles. The van der Waals surface area contributed by atoms with E-state index in [-0.39, 0.29) is 23.2 Å². The van der Waals surface area contributed by atoms with Crippen LogP contribution in [0, 0.1) is 0 Å². The number of carbonyl (C=O) groups excluding carboxylic acids is 1. The number of piperazine rings is 1. The first-order chi connectivity index (χ1) is 13.0. The Bertz CT molecular complexity index is 1100. The number of rotatable bonds is 3. The number of sulfonamides is 1. The maximum atomic E-state index is 13.0. The Balaban J connectivity index is 1.51. The fraction of sp³-hybridized carbons (Fsp3) is 0.211. The van der Waals surface area contributed by atoms with Crippen molar-refractivity contribution in [2.75, 3.05) is 26.2 Å². The molecule has 4 rings (SSSR count). The summed E-state index contributed by atoms with van der Waals surface area (Å²) in [5.74, 6) is -0.0667. The van der Waals surface area contributed by atoms with Gasteiger partial charge < -0.3 is 4.90 Å². The Hall–Kier alpha value is -1.93. The molecule has 0 bridgehead atoms. The van der Waals surface area contributed by atoms with Gasteiger partial charge in [0, 0.05) is 31.7 Å². The van der Waals surface area contributed by atoms with Gasteiger partial charge in [0.25, 0.3) is 15.9 Å². The summed E-state index contributed by atoms with van der Waals surface area (Å²) in [6.07, 6.45) is 0. The standard InChI is InChI=1S/C19H17ClN2O3S2/c20-17-8-9-18(26-17)27(24,25)22-12-10-21(11-13-22)19(23)16-7-3-5-14-4-1-2-6-15(14)16/h1-9H,10-13H2. The molecule has 140 valence electrons. The first-order valence-electron chi connectivity index (χ1n) is 8.49. The predicted molar refractivity (Wildman–Crippen MR) is 108 cm³/mol. The van der Waals surface area contributed by atoms with Crippen LogP contribution in [0.2, 0.25) is 4.34 Å². The van der Waals surface area contributed by atoms with Gasteiger partial charge in [-0.2, -0.15) is 4.31 Å². The lowest BCUT2D eigenvalue weighted by Gasteiger charge is -2.34. The number of thiophene rings is 1. The normalized spacial score (nSPS) is 16.0. The van der Waals surface area contributed by atoms with E-state index in [0.717, 1.165) is 22.1 Å². The van der Waals surface area contributed by atoms with Gasteiger partial charge in [0.15, 0.2) is 0 Å². The molecule has 1 aliphatic heterocycles. The molecule has 0 atom stereocenters. The molecule has 1 amide bonds. The van der Waals surface area contributed by atoms with E-state index in [1.807, 2.05) is 42.5 Å². The van der Waals surface area contributed by atoms with Crippen molar-refractivity contribution >= 4 is 49.6 Å². The van der Waals surface area contributed by atoms with Crippen molar-refractivity contribution in [3.8, 4) is 0 Å². The molecule has 1 saturated heterocycles. The van der Waals surface area contributed by atoms with Gasteiger partial charge in [-0.25, -0.2) is 8.42 Å². The van der Waals surface area contributed by atoms with Crippen LogP contribution in [-0.4, -0.2) is 49.7 Å². The molecular weight excluding hydrogens is 404 g/mol. The summed E-state index contributed by atoms with van der Waals surface area (Å²) in [7, 11) is -3.56. The lowest BCUT2D eigenvalue weighted by atomic mass is 10.0. The Kier molecular flexibility index (Phi) is 4.94. The summed E-state index contributed by atoms with van der Waals surface area (Å²) in [5, 5.41) is 1.92. The topological polar surface area (TPSA) is 57.7 Å². The van der Waals surface area contributed by atoms with E-state index in [4.69, 9.17) is 11.6 Å². The van der Waals surface area contributed by atoms with Gasteiger partial charge in [-0.3, -0.25) is 4.79 Å². The van der Waals surface area contributed by atoms with Crippen LogP contribution in [0.3, 0.4) is 0 Å². The lowest BCUT2D eigenvalue weighted by Crippen LogP contribution is -2.50. The first-order valence-corrected chi connectivity index (χ1v) is 11.1. The summed E-state index contributed by atoms with van der Waals surface area (Å²) in [5.41, 5.74) is 0.648. The smallest absolute Gasteiger partial charge is 0.254 e. The van der Waals surface area contributed by atoms with Gasteiger partial charge in [0.05, 0.1) is 4.34 Å². The maximum Gasteiger partial charge on any atom is 0.254 e. The predicted octanol–water partition coefficient (Wildman–Crippen LogP) is 3.70. The fourth-order valence-corrected chi connectivity index (χ4v) is 6.34. The molecule has 1 aromatic heterocycles. The quantitative estimate of drug-likeness (QED) is 0.649. The zero-order valence-corrected chi connectivity index (χ0v) is 16.7. The van der Waals surface area contributed by atoms with Gasteiger partial charge in [-0.05, 0) is 29.0 Å². The van der Waals surface area contributed by atoms with Crippen LogP contribution in [0.15, 0.2) is 58.8 Å². The third-order valence-corrected chi connectivity index (χ3v) is 8.29. The van der Waals surface area contributed by atoms with Crippen molar-refractivity contribution in [1.29, 1.82) is 0 Å². The maximum absolute atomic E-state index is 13.0. The van der Waals surface area contributed by atoms with Gasteiger partial charge in [0.2, 0.25) is 0 Å². The third kappa shape index (κ3) is 3.48. The molecule has 8 heteroatoms. The van der Waals surface area contributed by atoms with E-state index in [9.17, 15) is 13.2 Å².